The van der Waals surface area contributed by atoms with Gasteiger partial charge in [-0.05, 0) is 32.4 Å². The van der Waals surface area contributed by atoms with Gasteiger partial charge in [-0.25, -0.2) is 0 Å². The van der Waals surface area contributed by atoms with E-state index < -0.39 is 6.04 Å². The molecule has 0 aromatic heterocycles. The first-order valence-corrected chi connectivity index (χ1v) is 6.11. The normalized spacial score (nSPS) is 12.5. The predicted molar refractivity (Wildman–Crippen MR) is 69.4 cm³/mol. The minimum absolute atomic E-state index is 0.0129. The van der Waals surface area contributed by atoms with Crippen LogP contribution in [0.15, 0.2) is 24.3 Å². The van der Waals surface area contributed by atoms with Gasteiger partial charge in [-0.3, -0.25) is 4.79 Å². The smallest absolute Gasteiger partial charge is 0.179 e. The van der Waals surface area contributed by atoms with Crippen LogP contribution in [0, 0.1) is 0 Å². The first kappa shape index (κ1) is 13.7. The standard InChI is InChI=1S/C14H21NO2/c1-4-6-13(15)14(16)11-7-5-8-12(9-11)17-10(2)3/h5,7-10,13H,4,6,15H2,1-3H3. The molecular formula is C14H21NO2. The van der Waals surface area contributed by atoms with E-state index in [1.807, 2.05) is 32.9 Å². The van der Waals surface area contributed by atoms with E-state index in [0.717, 1.165) is 12.2 Å². The molecule has 1 aromatic rings. The van der Waals surface area contributed by atoms with Gasteiger partial charge in [0.2, 0.25) is 0 Å². The zero-order valence-corrected chi connectivity index (χ0v) is 10.8. The molecule has 1 aromatic carbocycles. The van der Waals surface area contributed by atoms with Crippen molar-refractivity contribution in [3.63, 3.8) is 0 Å². The maximum Gasteiger partial charge on any atom is 0.179 e. The largest absolute Gasteiger partial charge is 0.491 e. The monoisotopic (exact) mass is 235 g/mol. The second kappa shape index (κ2) is 6.40. The van der Waals surface area contributed by atoms with E-state index >= 15 is 0 Å². The summed E-state index contributed by atoms with van der Waals surface area (Å²) in [5.74, 6) is 0.704. The highest BCUT2D eigenvalue weighted by Gasteiger charge is 2.15. The fraction of sp³-hybridized carbons (Fsp3) is 0.500. The van der Waals surface area contributed by atoms with E-state index in [9.17, 15) is 4.79 Å². The molecule has 0 spiro atoms. The van der Waals surface area contributed by atoms with E-state index in [2.05, 4.69) is 0 Å². The Bertz CT molecular complexity index is 374. The molecule has 1 atom stereocenters. The number of carbonyl (C=O) groups excluding carboxylic acids is 1. The molecule has 0 aliphatic carbocycles. The minimum atomic E-state index is -0.408. The van der Waals surface area contributed by atoms with Crippen molar-refractivity contribution >= 4 is 5.78 Å². The maximum atomic E-state index is 12.0. The zero-order valence-electron chi connectivity index (χ0n) is 10.8. The van der Waals surface area contributed by atoms with Gasteiger partial charge in [-0.1, -0.05) is 25.5 Å². The number of benzene rings is 1. The van der Waals surface area contributed by atoms with Gasteiger partial charge in [0.1, 0.15) is 5.75 Å². The number of rotatable bonds is 6. The Kier molecular flexibility index (Phi) is 5.16. The third-order valence-electron chi connectivity index (χ3n) is 2.43. The summed E-state index contributed by atoms with van der Waals surface area (Å²) in [5, 5.41) is 0. The molecule has 2 N–H and O–H groups in total. The van der Waals surface area contributed by atoms with Gasteiger partial charge in [-0.15, -0.1) is 0 Å². The van der Waals surface area contributed by atoms with Crippen LogP contribution in [-0.2, 0) is 0 Å². The molecule has 3 nitrogen and oxygen atoms in total. The number of hydrogen-bond donors (Lipinski definition) is 1. The average molecular weight is 235 g/mol. The fourth-order valence-electron chi connectivity index (χ4n) is 1.65. The Morgan fingerprint density at radius 3 is 2.71 bits per heavy atom. The molecule has 17 heavy (non-hydrogen) atoms. The van der Waals surface area contributed by atoms with Gasteiger partial charge in [-0.2, -0.15) is 0 Å². The Morgan fingerprint density at radius 2 is 2.12 bits per heavy atom. The number of ketones is 1. The predicted octanol–water partition coefficient (Wildman–Crippen LogP) is 2.78. The summed E-state index contributed by atoms with van der Waals surface area (Å²) < 4.78 is 5.55. The van der Waals surface area contributed by atoms with Crippen molar-refractivity contribution in [3.05, 3.63) is 29.8 Å². The molecule has 0 saturated heterocycles. The fourth-order valence-corrected chi connectivity index (χ4v) is 1.65. The number of carbonyl (C=O) groups is 1. The summed E-state index contributed by atoms with van der Waals surface area (Å²) in [6.07, 6.45) is 1.73. The quantitative estimate of drug-likeness (QED) is 0.771. The molecular weight excluding hydrogens is 214 g/mol. The molecule has 3 heteroatoms. The summed E-state index contributed by atoms with van der Waals surface area (Å²) in [7, 11) is 0. The maximum absolute atomic E-state index is 12.0. The first-order valence-electron chi connectivity index (χ1n) is 6.11. The average Bonchev–Trinajstić information content (AvgIpc) is 2.28. The van der Waals surface area contributed by atoms with Crippen LogP contribution in [0.1, 0.15) is 44.0 Å². The van der Waals surface area contributed by atoms with E-state index in [1.54, 1.807) is 12.1 Å². The Hall–Kier alpha value is -1.35. The highest BCUT2D eigenvalue weighted by molar-refractivity contribution is 6.00. The second-order valence-electron chi connectivity index (χ2n) is 4.45. The topological polar surface area (TPSA) is 52.3 Å². The lowest BCUT2D eigenvalue weighted by Gasteiger charge is -2.12. The van der Waals surface area contributed by atoms with Gasteiger partial charge in [0.15, 0.2) is 5.78 Å². The van der Waals surface area contributed by atoms with Crippen LogP contribution in [0.5, 0.6) is 5.75 Å². The van der Waals surface area contributed by atoms with Crippen LogP contribution in [-0.4, -0.2) is 17.9 Å². The molecule has 1 unspecified atom stereocenters. The lowest BCUT2D eigenvalue weighted by molar-refractivity contribution is 0.0956. The minimum Gasteiger partial charge on any atom is -0.491 e. The third kappa shape index (κ3) is 4.19. The van der Waals surface area contributed by atoms with Crippen LogP contribution >= 0.6 is 0 Å². The van der Waals surface area contributed by atoms with Crippen LogP contribution in [0.3, 0.4) is 0 Å². The van der Waals surface area contributed by atoms with Gasteiger partial charge >= 0.3 is 0 Å². The summed E-state index contributed by atoms with van der Waals surface area (Å²) in [6, 6.07) is 6.81. The molecule has 1 rings (SSSR count). The van der Waals surface area contributed by atoms with E-state index in [0.29, 0.717) is 12.0 Å². The van der Waals surface area contributed by atoms with Crippen LogP contribution in [0.25, 0.3) is 0 Å². The molecule has 0 saturated carbocycles. The molecule has 0 aliphatic rings. The number of ether oxygens (including phenoxy) is 1. The summed E-state index contributed by atoms with van der Waals surface area (Å²) >= 11 is 0. The van der Waals surface area contributed by atoms with Crippen LogP contribution in [0.2, 0.25) is 0 Å². The van der Waals surface area contributed by atoms with Crippen molar-refractivity contribution in [3.8, 4) is 5.75 Å². The van der Waals surface area contributed by atoms with Crippen molar-refractivity contribution in [1.82, 2.24) is 0 Å². The van der Waals surface area contributed by atoms with E-state index in [4.69, 9.17) is 10.5 Å². The van der Waals surface area contributed by atoms with Crippen molar-refractivity contribution in [2.45, 2.75) is 45.8 Å². The SMILES string of the molecule is CCCC(N)C(=O)c1cccc(OC(C)C)c1. The van der Waals surface area contributed by atoms with E-state index in [-0.39, 0.29) is 11.9 Å². The highest BCUT2D eigenvalue weighted by atomic mass is 16.5. The van der Waals surface area contributed by atoms with Crippen LogP contribution in [0.4, 0.5) is 0 Å². The van der Waals surface area contributed by atoms with Crippen molar-refractivity contribution in [2.24, 2.45) is 5.73 Å². The molecule has 0 amide bonds. The van der Waals surface area contributed by atoms with Gasteiger partial charge in [0, 0.05) is 5.56 Å². The second-order valence-corrected chi connectivity index (χ2v) is 4.45. The third-order valence-corrected chi connectivity index (χ3v) is 2.43. The molecule has 94 valence electrons. The molecule has 0 fully saturated rings. The number of hydrogen-bond acceptors (Lipinski definition) is 3. The first-order chi connectivity index (χ1) is 8.04. The van der Waals surface area contributed by atoms with Crippen molar-refractivity contribution < 1.29 is 9.53 Å². The number of Topliss-reactive ketones (excluding diaryl/α,β-unsaturated/α-hetero) is 1. The van der Waals surface area contributed by atoms with Crippen molar-refractivity contribution in [2.75, 3.05) is 0 Å². The van der Waals surface area contributed by atoms with Gasteiger partial charge in [0.05, 0.1) is 12.1 Å². The van der Waals surface area contributed by atoms with Gasteiger partial charge < -0.3 is 10.5 Å². The number of nitrogens with two attached hydrogens (primary N) is 1. The van der Waals surface area contributed by atoms with E-state index in [1.165, 1.54) is 0 Å². The molecule has 0 bridgehead atoms. The summed E-state index contributed by atoms with van der Waals surface area (Å²) in [4.78, 5) is 12.0. The summed E-state index contributed by atoms with van der Waals surface area (Å²) in [5.41, 5.74) is 6.45. The van der Waals surface area contributed by atoms with Gasteiger partial charge in [0.25, 0.3) is 0 Å². The Labute approximate surface area is 103 Å². The molecule has 0 aliphatic heterocycles. The lowest BCUT2D eigenvalue weighted by atomic mass is 10.0. The lowest BCUT2D eigenvalue weighted by Crippen LogP contribution is -2.30. The van der Waals surface area contributed by atoms with Crippen LogP contribution < -0.4 is 10.5 Å². The van der Waals surface area contributed by atoms with Crippen molar-refractivity contribution in [1.29, 1.82) is 0 Å². The highest BCUT2D eigenvalue weighted by Crippen LogP contribution is 2.16. The zero-order chi connectivity index (χ0) is 12.8. The Balaban J connectivity index is 2.80. The molecule has 0 radical (unpaired) electrons. The summed E-state index contributed by atoms with van der Waals surface area (Å²) in [6.45, 7) is 5.93. The molecule has 0 heterocycles. The Morgan fingerprint density at radius 1 is 1.41 bits per heavy atom.